The van der Waals surface area contributed by atoms with Gasteiger partial charge in [0.25, 0.3) is 11.8 Å². The Labute approximate surface area is 136 Å². The zero-order valence-corrected chi connectivity index (χ0v) is 12.8. The van der Waals surface area contributed by atoms with E-state index in [2.05, 4.69) is 4.99 Å². The lowest BCUT2D eigenvalue weighted by Gasteiger charge is -2.29. The van der Waals surface area contributed by atoms with Crippen molar-refractivity contribution in [1.29, 1.82) is 0 Å². The van der Waals surface area contributed by atoms with Crippen molar-refractivity contribution in [1.82, 2.24) is 9.47 Å². The SMILES string of the molecule is CN1C(=O)C2=C(C1=O)C1(C=Nc3ccc(Cl)cc31)n1cccc12. The molecule has 112 valence electrons. The third-order valence-corrected chi connectivity index (χ3v) is 5.05. The average molecular weight is 324 g/mol. The summed E-state index contributed by atoms with van der Waals surface area (Å²) in [6.07, 6.45) is 3.61. The Morgan fingerprint density at radius 1 is 1.17 bits per heavy atom. The van der Waals surface area contributed by atoms with Crippen LogP contribution in [0, 0.1) is 0 Å². The van der Waals surface area contributed by atoms with Crippen molar-refractivity contribution in [3.63, 3.8) is 0 Å². The van der Waals surface area contributed by atoms with Crippen LogP contribution in [-0.2, 0) is 15.1 Å². The summed E-state index contributed by atoms with van der Waals surface area (Å²) in [5.41, 5.74) is 2.36. The molecule has 0 N–H and O–H groups in total. The molecular formula is C17H10ClN3O2. The van der Waals surface area contributed by atoms with Crippen molar-refractivity contribution in [2.75, 3.05) is 7.05 Å². The quantitative estimate of drug-likeness (QED) is 0.699. The van der Waals surface area contributed by atoms with Crippen molar-refractivity contribution >= 4 is 40.9 Å². The van der Waals surface area contributed by atoms with E-state index in [1.165, 1.54) is 11.9 Å². The van der Waals surface area contributed by atoms with Crippen molar-refractivity contribution in [2.24, 2.45) is 4.99 Å². The molecule has 4 heterocycles. The smallest absolute Gasteiger partial charge is 0.263 e. The number of aromatic nitrogens is 1. The fourth-order valence-electron chi connectivity index (χ4n) is 3.80. The van der Waals surface area contributed by atoms with E-state index >= 15 is 0 Å². The molecule has 0 aliphatic carbocycles. The Morgan fingerprint density at radius 3 is 2.83 bits per heavy atom. The number of benzene rings is 1. The van der Waals surface area contributed by atoms with Crippen LogP contribution in [0.5, 0.6) is 0 Å². The molecule has 3 aliphatic rings. The number of hydrogen-bond donors (Lipinski definition) is 0. The maximum absolute atomic E-state index is 12.8. The monoisotopic (exact) mass is 323 g/mol. The zero-order chi connectivity index (χ0) is 15.9. The minimum Gasteiger partial charge on any atom is -0.328 e. The standard InChI is InChI=1S/C17H10ClN3O2/c1-20-15(22)13-12-3-2-6-21(12)17(14(13)16(20)23)8-19-11-5-4-9(18)7-10(11)17/h2-8H,1H3. The molecule has 0 bridgehead atoms. The van der Waals surface area contributed by atoms with Gasteiger partial charge in [-0.2, -0.15) is 0 Å². The van der Waals surface area contributed by atoms with Crippen molar-refractivity contribution in [3.05, 3.63) is 58.4 Å². The summed E-state index contributed by atoms with van der Waals surface area (Å²) >= 11 is 6.18. The second kappa shape index (κ2) is 3.81. The van der Waals surface area contributed by atoms with Gasteiger partial charge in [0, 0.05) is 30.0 Å². The Hall–Kier alpha value is -2.66. The second-order valence-electron chi connectivity index (χ2n) is 5.87. The highest BCUT2D eigenvalue weighted by Crippen LogP contribution is 2.53. The van der Waals surface area contributed by atoms with Gasteiger partial charge in [0.05, 0.1) is 22.5 Å². The lowest BCUT2D eigenvalue weighted by Crippen LogP contribution is -2.40. The van der Waals surface area contributed by atoms with E-state index in [0.717, 1.165) is 16.9 Å². The molecule has 1 spiro atoms. The van der Waals surface area contributed by atoms with E-state index in [1.54, 1.807) is 12.3 Å². The molecule has 1 atom stereocenters. The Kier molecular flexibility index (Phi) is 2.13. The van der Waals surface area contributed by atoms with Gasteiger partial charge in [0.1, 0.15) is 5.54 Å². The number of fused-ring (bicyclic) bond motifs is 6. The molecule has 23 heavy (non-hydrogen) atoms. The fraction of sp³-hybridized carbons (Fsp3) is 0.118. The number of imide groups is 1. The fourth-order valence-corrected chi connectivity index (χ4v) is 3.97. The molecule has 5 rings (SSSR count). The van der Waals surface area contributed by atoms with Crippen LogP contribution < -0.4 is 0 Å². The summed E-state index contributed by atoms with van der Waals surface area (Å²) < 4.78 is 1.94. The molecule has 1 aromatic carbocycles. The number of rotatable bonds is 0. The van der Waals surface area contributed by atoms with E-state index in [9.17, 15) is 9.59 Å². The summed E-state index contributed by atoms with van der Waals surface area (Å²) in [6.45, 7) is 0. The van der Waals surface area contributed by atoms with Crippen LogP contribution in [0.25, 0.3) is 5.57 Å². The lowest BCUT2D eigenvalue weighted by atomic mass is 9.84. The van der Waals surface area contributed by atoms with Crippen LogP contribution >= 0.6 is 11.6 Å². The van der Waals surface area contributed by atoms with E-state index in [4.69, 9.17) is 11.6 Å². The number of nitrogens with zero attached hydrogens (tertiary/aromatic N) is 3. The molecule has 5 nitrogen and oxygen atoms in total. The largest absolute Gasteiger partial charge is 0.328 e. The van der Waals surface area contributed by atoms with Gasteiger partial charge < -0.3 is 4.57 Å². The highest BCUT2D eigenvalue weighted by atomic mass is 35.5. The third-order valence-electron chi connectivity index (χ3n) is 4.81. The van der Waals surface area contributed by atoms with Gasteiger partial charge in [-0.15, -0.1) is 0 Å². The van der Waals surface area contributed by atoms with Crippen LogP contribution in [-0.4, -0.2) is 34.5 Å². The summed E-state index contributed by atoms with van der Waals surface area (Å²) in [4.78, 5) is 30.9. The molecule has 2 amide bonds. The zero-order valence-electron chi connectivity index (χ0n) is 12.1. The van der Waals surface area contributed by atoms with Gasteiger partial charge in [-0.1, -0.05) is 11.6 Å². The highest BCUT2D eigenvalue weighted by molar-refractivity contribution is 6.38. The van der Waals surface area contributed by atoms with Gasteiger partial charge in [-0.25, -0.2) is 0 Å². The maximum atomic E-state index is 12.8. The predicted octanol–water partition coefficient (Wildman–Crippen LogP) is 2.37. The van der Waals surface area contributed by atoms with Gasteiger partial charge in [-0.05, 0) is 30.3 Å². The van der Waals surface area contributed by atoms with Crippen LogP contribution in [0.15, 0.2) is 47.1 Å². The normalized spacial score (nSPS) is 24.0. The van der Waals surface area contributed by atoms with Gasteiger partial charge >= 0.3 is 0 Å². The first-order valence-corrected chi connectivity index (χ1v) is 7.54. The molecule has 1 unspecified atom stereocenters. The minimum absolute atomic E-state index is 0.272. The second-order valence-corrected chi connectivity index (χ2v) is 6.31. The maximum Gasteiger partial charge on any atom is 0.263 e. The first-order valence-electron chi connectivity index (χ1n) is 7.16. The number of carbonyl (C=O) groups is 2. The highest BCUT2D eigenvalue weighted by Gasteiger charge is 2.57. The van der Waals surface area contributed by atoms with E-state index in [1.807, 2.05) is 35.0 Å². The molecule has 6 heteroatoms. The van der Waals surface area contributed by atoms with Crippen molar-refractivity contribution < 1.29 is 9.59 Å². The number of hydrogen-bond acceptors (Lipinski definition) is 3. The molecule has 0 fully saturated rings. The minimum atomic E-state index is -0.883. The van der Waals surface area contributed by atoms with Crippen LogP contribution in [0.2, 0.25) is 5.02 Å². The third kappa shape index (κ3) is 1.25. The first kappa shape index (κ1) is 12.8. The molecule has 0 saturated carbocycles. The first-order chi connectivity index (χ1) is 11.1. The number of likely N-dealkylation sites (N-methyl/N-ethyl adjacent to an activating group) is 1. The lowest BCUT2D eigenvalue weighted by molar-refractivity contribution is -0.135. The molecule has 0 radical (unpaired) electrons. The van der Waals surface area contributed by atoms with E-state index < -0.39 is 5.54 Å². The summed E-state index contributed by atoms with van der Waals surface area (Å²) in [6, 6.07) is 9.14. The van der Waals surface area contributed by atoms with Crippen LogP contribution in [0.3, 0.4) is 0 Å². The predicted molar refractivity (Wildman–Crippen MR) is 85.8 cm³/mol. The van der Waals surface area contributed by atoms with Gasteiger partial charge in [0.2, 0.25) is 0 Å². The number of halogens is 1. The molecule has 1 aromatic heterocycles. The summed E-state index contributed by atoms with van der Waals surface area (Å²) in [7, 11) is 1.51. The number of amides is 2. The van der Waals surface area contributed by atoms with E-state index in [0.29, 0.717) is 16.2 Å². The molecule has 2 aromatic rings. The molecule has 3 aliphatic heterocycles. The van der Waals surface area contributed by atoms with Crippen molar-refractivity contribution in [2.45, 2.75) is 5.54 Å². The Bertz CT molecular complexity index is 1000. The van der Waals surface area contributed by atoms with Gasteiger partial charge in [-0.3, -0.25) is 19.5 Å². The van der Waals surface area contributed by atoms with E-state index in [-0.39, 0.29) is 11.8 Å². The number of carbonyl (C=O) groups excluding carboxylic acids is 2. The van der Waals surface area contributed by atoms with Gasteiger partial charge in [0.15, 0.2) is 0 Å². The Morgan fingerprint density at radius 2 is 2.00 bits per heavy atom. The summed E-state index contributed by atoms with van der Waals surface area (Å²) in [5, 5.41) is 0.571. The topological polar surface area (TPSA) is 54.7 Å². The molecular weight excluding hydrogens is 314 g/mol. The average Bonchev–Trinajstić information content (AvgIpc) is 3.24. The summed E-state index contributed by atoms with van der Waals surface area (Å²) in [5.74, 6) is -0.557. The Balaban J connectivity index is 1.92. The molecule has 0 saturated heterocycles. The van der Waals surface area contributed by atoms with Crippen LogP contribution in [0.4, 0.5) is 5.69 Å². The van der Waals surface area contributed by atoms with Crippen LogP contribution in [0.1, 0.15) is 11.3 Å². The number of aliphatic imine (C=N–C) groups is 1. The van der Waals surface area contributed by atoms with Crippen molar-refractivity contribution in [3.8, 4) is 0 Å².